The van der Waals surface area contributed by atoms with Crippen LogP contribution in [0.25, 0.3) is 0 Å². The molecule has 0 aromatic heterocycles. The van der Waals surface area contributed by atoms with Gasteiger partial charge in [0.25, 0.3) is 0 Å². The molecule has 2 aromatic rings. The van der Waals surface area contributed by atoms with Crippen molar-refractivity contribution in [3.63, 3.8) is 0 Å². The molecule has 0 N–H and O–H groups in total. The molecule has 3 aliphatic heterocycles. The number of ether oxygens (including phenoxy) is 2. The van der Waals surface area contributed by atoms with Gasteiger partial charge in [0.15, 0.2) is 5.79 Å². The summed E-state index contributed by atoms with van der Waals surface area (Å²) in [7, 11) is 0. The average molecular weight is 470 g/mol. The molecule has 0 aliphatic carbocycles. The Labute approximate surface area is 198 Å². The maximum absolute atomic E-state index is 14.6. The Kier molecular flexibility index (Phi) is 6.22. The molecule has 0 unspecified atom stereocenters. The lowest BCUT2D eigenvalue weighted by Crippen LogP contribution is -2.43. The van der Waals surface area contributed by atoms with Gasteiger partial charge in [-0.1, -0.05) is 30.3 Å². The summed E-state index contributed by atoms with van der Waals surface area (Å²) in [5, 5.41) is 6.01. The first-order chi connectivity index (χ1) is 16.4. The van der Waals surface area contributed by atoms with E-state index in [1.54, 1.807) is 0 Å². The van der Waals surface area contributed by atoms with Gasteiger partial charge in [-0.15, -0.1) is 0 Å². The van der Waals surface area contributed by atoms with Crippen molar-refractivity contribution in [1.82, 2.24) is 9.91 Å². The van der Waals surface area contributed by atoms with Gasteiger partial charge in [0.2, 0.25) is 5.91 Å². The summed E-state index contributed by atoms with van der Waals surface area (Å²) in [6, 6.07) is 13.1. The highest BCUT2D eigenvalue weighted by Gasteiger charge is 2.47. The van der Waals surface area contributed by atoms with Crippen LogP contribution < -0.4 is 0 Å². The van der Waals surface area contributed by atoms with Crippen LogP contribution in [0.1, 0.15) is 43.7 Å². The number of likely N-dealkylation sites (tertiary alicyclic amines) is 1. The fraction of sp³-hybridized carbons (Fsp3) is 0.462. The maximum atomic E-state index is 14.6. The first-order valence-electron chi connectivity index (χ1n) is 11.8. The van der Waals surface area contributed by atoms with E-state index in [1.807, 2.05) is 30.3 Å². The van der Waals surface area contributed by atoms with E-state index in [0.717, 1.165) is 56.2 Å². The SMILES string of the molecule is CC(=O)N1N=C(c2cc(F)ccc2F)C[C@@]1(CCCN1CCC2(C1)OCCO2)c1ccccc1. The molecule has 34 heavy (non-hydrogen) atoms. The fourth-order valence-corrected chi connectivity index (χ4v) is 5.50. The molecule has 5 rings (SSSR count). The van der Waals surface area contributed by atoms with Crippen molar-refractivity contribution < 1.29 is 23.0 Å². The summed E-state index contributed by atoms with van der Waals surface area (Å²) in [6.07, 6.45) is 2.59. The van der Waals surface area contributed by atoms with Crippen LogP contribution >= 0.6 is 0 Å². The number of carbonyl (C=O) groups is 1. The lowest BCUT2D eigenvalue weighted by atomic mass is 9.80. The van der Waals surface area contributed by atoms with Gasteiger partial charge in [0.05, 0.1) is 31.0 Å². The maximum Gasteiger partial charge on any atom is 0.240 e. The monoisotopic (exact) mass is 469 g/mol. The first-order valence-corrected chi connectivity index (χ1v) is 11.8. The minimum Gasteiger partial charge on any atom is -0.346 e. The molecule has 0 saturated carbocycles. The molecule has 6 nitrogen and oxygen atoms in total. The number of benzene rings is 2. The second kappa shape index (κ2) is 9.17. The van der Waals surface area contributed by atoms with Crippen molar-refractivity contribution >= 4 is 11.6 Å². The summed E-state index contributed by atoms with van der Waals surface area (Å²) in [5.74, 6) is -1.79. The molecule has 0 bridgehead atoms. The number of hydrazone groups is 1. The Morgan fingerprint density at radius 3 is 2.62 bits per heavy atom. The smallest absolute Gasteiger partial charge is 0.240 e. The standard InChI is InChI=1S/C26H29F2N3O3/c1-19(32)31-25(20-6-3-2-4-7-20,17-24(29-31)22-16-21(27)8-9-23(22)28)10-5-12-30-13-11-26(18-30)33-14-15-34-26/h2-4,6-9,16H,5,10-15,17-18H2,1H3/t25-/m0/s1. The van der Waals surface area contributed by atoms with Crippen molar-refractivity contribution in [3.05, 3.63) is 71.3 Å². The molecular weight excluding hydrogens is 440 g/mol. The van der Waals surface area contributed by atoms with Crippen molar-refractivity contribution in [1.29, 1.82) is 0 Å². The van der Waals surface area contributed by atoms with Gasteiger partial charge >= 0.3 is 0 Å². The quantitative estimate of drug-likeness (QED) is 0.641. The lowest BCUT2D eigenvalue weighted by Gasteiger charge is -2.37. The van der Waals surface area contributed by atoms with Gasteiger partial charge in [0, 0.05) is 31.9 Å². The largest absolute Gasteiger partial charge is 0.346 e. The zero-order valence-corrected chi connectivity index (χ0v) is 19.3. The van der Waals surface area contributed by atoms with Crippen LogP contribution in [-0.2, 0) is 19.8 Å². The molecule has 3 aliphatic rings. The highest BCUT2D eigenvalue weighted by molar-refractivity contribution is 6.03. The predicted octanol–water partition coefficient (Wildman–Crippen LogP) is 4.05. The van der Waals surface area contributed by atoms with Gasteiger partial charge in [-0.3, -0.25) is 9.69 Å². The third-order valence-corrected chi connectivity index (χ3v) is 7.09. The van der Waals surface area contributed by atoms with Crippen molar-refractivity contribution in [2.24, 2.45) is 5.10 Å². The third kappa shape index (κ3) is 4.26. The molecule has 1 amide bonds. The van der Waals surface area contributed by atoms with Gasteiger partial charge in [-0.05, 0) is 43.1 Å². The van der Waals surface area contributed by atoms with E-state index < -0.39 is 23.0 Å². The second-order valence-electron chi connectivity index (χ2n) is 9.31. The van der Waals surface area contributed by atoms with Crippen LogP contribution in [0.4, 0.5) is 8.78 Å². The number of hydrogen-bond donors (Lipinski definition) is 0. The van der Waals surface area contributed by atoms with Crippen LogP contribution in [-0.4, -0.2) is 60.2 Å². The number of hydrogen-bond acceptors (Lipinski definition) is 5. The lowest BCUT2D eigenvalue weighted by molar-refractivity contribution is -0.145. The van der Waals surface area contributed by atoms with Gasteiger partial charge in [0.1, 0.15) is 11.6 Å². The Bertz CT molecular complexity index is 1090. The average Bonchev–Trinajstić information content (AvgIpc) is 3.56. The van der Waals surface area contributed by atoms with E-state index in [-0.39, 0.29) is 11.5 Å². The summed E-state index contributed by atoms with van der Waals surface area (Å²) < 4.78 is 40.2. The first kappa shape index (κ1) is 23.1. The Morgan fingerprint density at radius 2 is 1.88 bits per heavy atom. The molecular formula is C26H29F2N3O3. The fourth-order valence-electron chi connectivity index (χ4n) is 5.50. The molecule has 1 spiro atoms. The summed E-state index contributed by atoms with van der Waals surface area (Å²) in [4.78, 5) is 15.1. The number of amides is 1. The van der Waals surface area contributed by atoms with Crippen LogP contribution in [0.5, 0.6) is 0 Å². The Morgan fingerprint density at radius 1 is 1.12 bits per heavy atom. The van der Waals surface area contributed by atoms with E-state index in [2.05, 4.69) is 10.0 Å². The number of rotatable bonds is 6. The normalized spacial score (nSPS) is 24.2. The molecule has 8 heteroatoms. The molecule has 2 saturated heterocycles. The number of nitrogens with zero attached hydrogens (tertiary/aromatic N) is 3. The molecule has 0 radical (unpaired) electrons. The zero-order valence-electron chi connectivity index (χ0n) is 19.3. The van der Waals surface area contributed by atoms with Crippen molar-refractivity contribution in [3.8, 4) is 0 Å². The van der Waals surface area contributed by atoms with Crippen molar-refractivity contribution in [2.75, 3.05) is 32.8 Å². The number of halogens is 2. The minimum absolute atomic E-state index is 0.0982. The Hall–Kier alpha value is -2.68. The van der Waals surface area contributed by atoms with Crippen LogP contribution in [0, 0.1) is 11.6 Å². The highest BCUT2D eigenvalue weighted by atomic mass is 19.1. The zero-order chi connectivity index (χ0) is 23.8. The van der Waals surface area contributed by atoms with Crippen LogP contribution in [0.3, 0.4) is 0 Å². The number of carbonyl (C=O) groups excluding carboxylic acids is 1. The van der Waals surface area contributed by atoms with E-state index in [4.69, 9.17) is 9.47 Å². The summed E-state index contributed by atoms with van der Waals surface area (Å²) in [6.45, 7) is 5.18. The molecule has 180 valence electrons. The van der Waals surface area contributed by atoms with Crippen LogP contribution in [0.15, 0.2) is 53.6 Å². The molecule has 2 fully saturated rings. The van der Waals surface area contributed by atoms with Gasteiger partial charge in [-0.2, -0.15) is 5.10 Å². The minimum atomic E-state index is -0.765. The topological polar surface area (TPSA) is 54.4 Å². The second-order valence-corrected chi connectivity index (χ2v) is 9.31. The highest BCUT2D eigenvalue weighted by Crippen LogP contribution is 2.43. The summed E-state index contributed by atoms with van der Waals surface area (Å²) in [5.41, 5.74) is 0.644. The molecule has 3 heterocycles. The van der Waals surface area contributed by atoms with E-state index in [1.165, 1.54) is 11.9 Å². The van der Waals surface area contributed by atoms with Crippen molar-refractivity contribution in [2.45, 2.75) is 43.9 Å². The van der Waals surface area contributed by atoms with E-state index in [0.29, 0.717) is 31.8 Å². The third-order valence-electron chi connectivity index (χ3n) is 7.09. The van der Waals surface area contributed by atoms with Gasteiger partial charge in [-0.25, -0.2) is 13.8 Å². The molecule has 2 aromatic carbocycles. The Balaban J connectivity index is 1.40. The molecule has 1 atom stereocenters. The van der Waals surface area contributed by atoms with Gasteiger partial charge < -0.3 is 9.47 Å². The van der Waals surface area contributed by atoms with E-state index in [9.17, 15) is 13.6 Å². The predicted molar refractivity (Wildman–Crippen MR) is 123 cm³/mol. The van der Waals surface area contributed by atoms with Crippen LogP contribution in [0.2, 0.25) is 0 Å². The summed E-state index contributed by atoms with van der Waals surface area (Å²) >= 11 is 0. The van der Waals surface area contributed by atoms with E-state index >= 15 is 0 Å².